The molecule has 2 N–H and O–H groups in total. The van der Waals surface area contributed by atoms with Crippen LogP contribution in [0.5, 0.6) is 11.5 Å². The van der Waals surface area contributed by atoms with E-state index < -0.39 is 0 Å². The van der Waals surface area contributed by atoms with Gasteiger partial charge in [-0.05, 0) is 24.0 Å². The van der Waals surface area contributed by atoms with E-state index in [1.807, 2.05) is 38.1 Å². The van der Waals surface area contributed by atoms with Crippen LogP contribution in [-0.4, -0.2) is 10.2 Å². The molecule has 0 saturated heterocycles. The van der Waals surface area contributed by atoms with Gasteiger partial charge < -0.3 is 10.2 Å². The molecule has 0 aliphatic rings. The van der Waals surface area contributed by atoms with Gasteiger partial charge in [-0.15, -0.1) is 13.2 Å². The molecule has 2 nitrogen and oxygen atoms in total. The molecule has 2 heteroatoms. The highest BCUT2D eigenvalue weighted by Gasteiger charge is 2.13. The summed E-state index contributed by atoms with van der Waals surface area (Å²) in [4.78, 5) is 0. The summed E-state index contributed by atoms with van der Waals surface area (Å²) < 4.78 is 0. The average Bonchev–Trinajstić information content (AvgIpc) is 2.54. The highest BCUT2D eigenvalue weighted by Crippen LogP contribution is 2.39. The predicted molar refractivity (Wildman–Crippen MR) is 94.4 cm³/mol. The maximum Gasteiger partial charge on any atom is 0.127 e. The topological polar surface area (TPSA) is 40.5 Å². The van der Waals surface area contributed by atoms with Crippen molar-refractivity contribution < 1.29 is 10.2 Å². The summed E-state index contributed by atoms with van der Waals surface area (Å²) in [5.74, 6) is 0.386. The van der Waals surface area contributed by atoms with E-state index in [2.05, 4.69) is 13.2 Å². The SMILES string of the molecule is C=CCc1cccc(-c2cccc(CC=C)c2O)c1O.CC. The summed E-state index contributed by atoms with van der Waals surface area (Å²) in [5, 5.41) is 20.7. The van der Waals surface area contributed by atoms with E-state index in [4.69, 9.17) is 0 Å². The largest absolute Gasteiger partial charge is 0.507 e. The summed E-state index contributed by atoms with van der Waals surface area (Å²) in [5.41, 5.74) is 2.86. The number of hydrogen-bond acceptors (Lipinski definition) is 2. The molecule has 0 spiro atoms. The molecule has 0 bridgehead atoms. The molecule has 0 aromatic heterocycles. The summed E-state index contributed by atoms with van der Waals surface area (Å²) in [6.45, 7) is 11.4. The molecule has 0 amide bonds. The molecule has 0 radical (unpaired) electrons. The van der Waals surface area contributed by atoms with E-state index in [0.29, 0.717) is 24.0 Å². The van der Waals surface area contributed by atoms with Crippen molar-refractivity contribution in [1.82, 2.24) is 0 Å². The minimum atomic E-state index is 0.193. The number of aromatic hydroxyl groups is 2. The zero-order valence-corrected chi connectivity index (χ0v) is 13.3. The third-order valence-corrected chi connectivity index (χ3v) is 3.26. The van der Waals surface area contributed by atoms with Gasteiger partial charge >= 0.3 is 0 Å². The minimum absolute atomic E-state index is 0.193. The summed E-state index contributed by atoms with van der Waals surface area (Å²) in [7, 11) is 0. The first-order chi connectivity index (χ1) is 10.7. The van der Waals surface area contributed by atoms with Crippen LogP contribution >= 0.6 is 0 Å². The Morgan fingerprint density at radius 3 is 1.45 bits per heavy atom. The molecule has 2 aromatic carbocycles. The number of allylic oxidation sites excluding steroid dienone is 2. The highest BCUT2D eigenvalue weighted by molar-refractivity contribution is 5.77. The number of hydrogen-bond donors (Lipinski definition) is 2. The molecular weight excluding hydrogens is 272 g/mol. The minimum Gasteiger partial charge on any atom is -0.507 e. The van der Waals surface area contributed by atoms with Gasteiger partial charge in [-0.25, -0.2) is 0 Å². The third kappa shape index (κ3) is 3.79. The normalized spacial score (nSPS) is 9.55. The Morgan fingerprint density at radius 1 is 0.773 bits per heavy atom. The molecule has 0 saturated carbocycles. The number of para-hydroxylation sites is 2. The third-order valence-electron chi connectivity index (χ3n) is 3.26. The van der Waals surface area contributed by atoms with Crippen molar-refractivity contribution >= 4 is 0 Å². The van der Waals surface area contributed by atoms with Crippen LogP contribution in [0.25, 0.3) is 11.1 Å². The molecule has 2 rings (SSSR count). The van der Waals surface area contributed by atoms with Crippen LogP contribution in [0.1, 0.15) is 25.0 Å². The molecule has 2 aromatic rings. The molecule has 0 atom stereocenters. The zero-order valence-electron chi connectivity index (χ0n) is 13.3. The molecule has 0 heterocycles. The lowest BCUT2D eigenvalue weighted by Gasteiger charge is -2.12. The van der Waals surface area contributed by atoms with Crippen LogP contribution in [-0.2, 0) is 12.8 Å². The summed E-state index contributed by atoms with van der Waals surface area (Å²) in [6, 6.07) is 11.0. The van der Waals surface area contributed by atoms with Crippen molar-refractivity contribution in [3.05, 3.63) is 72.8 Å². The van der Waals surface area contributed by atoms with Gasteiger partial charge in [-0.2, -0.15) is 0 Å². The van der Waals surface area contributed by atoms with Gasteiger partial charge in [0.25, 0.3) is 0 Å². The maximum absolute atomic E-state index is 10.3. The summed E-state index contributed by atoms with van der Waals surface area (Å²) in [6.07, 6.45) is 4.67. The fourth-order valence-corrected chi connectivity index (χ4v) is 2.26. The smallest absolute Gasteiger partial charge is 0.127 e. The Kier molecular flexibility index (Phi) is 6.97. The molecule has 0 aliphatic carbocycles. The van der Waals surface area contributed by atoms with Crippen molar-refractivity contribution in [1.29, 1.82) is 0 Å². The first kappa shape index (κ1) is 17.6. The molecular formula is C20H24O2. The Morgan fingerprint density at radius 2 is 1.14 bits per heavy atom. The van der Waals surface area contributed by atoms with Gasteiger partial charge in [0.1, 0.15) is 11.5 Å². The first-order valence-corrected chi connectivity index (χ1v) is 7.53. The fraction of sp³-hybridized carbons (Fsp3) is 0.200. The average molecular weight is 296 g/mol. The number of benzene rings is 2. The van der Waals surface area contributed by atoms with Crippen molar-refractivity contribution in [2.75, 3.05) is 0 Å². The number of phenolic OH excluding ortho intramolecular Hbond substituents is 2. The highest BCUT2D eigenvalue weighted by atomic mass is 16.3. The lowest BCUT2D eigenvalue weighted by Crippen LogP contribution is -1.89. The number of phenols is 2. The van der Waals surface area contributed by atoms with Crippen LogP contribution in [0.4, 0.5) is 0 Å². The Balaban J connectivity index is 0.00000116. The van der Waals surface area contributed by atoms with E-state index in [9.17, 15) is 10.2 Å². The second-order valence-corrected chi connectivity index (χ2v) is 4.61. The Labute approximate surface area is 133 Å². The van der Waals surface area contributed by atoms with Crippen LogP contribution in [0, 0.1) is 0 Å². The predicted octanol–water partition coefficient (Wildman–Crippen LogP) is 5.25. The van der Waals surface area contributed by atoms with Gasteiger partial charge in [0, 0.05) is 11.1 Å². The van der Waals surface area contributed by atoms with E-state index in [0.717, 1.165) is 11.1 Å². The lowest BCUT2D eigenvalue weighted by atomic mass is 9.96. The van der Waals surface area contributed by atoms with Gasteiger partial charge in [0.15, 0.2) is 0 Å². The standard InChI is InChI=1S/C18H18O2.C2H6/c1-3-7-13-9-5-11-15(17(13)19)16-12-6-10-14(8-4-2)18(16)20;1-2/h3-6,9-12,19-20H,1-2,7-8H2;1-2H3. The van der Waals surface area contributed by atoms with Gasteiger partial charge in [0.2, 0.25) is 0 Å². The second-order valence-electron chi connectivity index (χ2n) is 4.61. The fourth-order valence-electron chi connectivity index (χ4n) is 2.26. The molecule has 0 unspecified atom stereocenters. The number of rotatable bonds is 5. The van der Waals surface area contributed by atoms with Crippen molar-refractivity contribution in [3.8, 4) is 22.6 Å². The van der Waals surface area contributed by atoms with E-state index >= 15 is 0 Å². The van der Waals surface area contributed by atoms with E-state index in [1.54, 1.807) is 24.3 Å². The summed E-state index contributed by atoms with van der Waals surface area (Å²) >= 11 is 0. The lowest BCUT2D eigenvalue weighted by molar-refractivity contribution is 0.463. The van der Waals surface area contributed by atoms with Crippen LogP contribution in [0.15, 0.2) is 61.7 Å². The maximum atomic E-state index is 10.3. The molecule has 116 valence electrons. The quantitative estimate of drug-likeness (QED) is 0.740. The molecule has 0 aliphatic heterocycles. The van der Waals surface area contributed by atoms with E-state index in [1.165, 1.54) is 0 Å². The van der Waals surface area contributed by atoms with Gasteiger partial charge in [-0.1, -0.05) is 62.4 Å². The van der Waals surface area contributed by atoms with Crippen molar-refractivity contribution in [3.63, 3.8) is 0 Å². The zero-order chi connectivity index (χ0) is 16.5. The van der Waals surface area contributed by atoms with Crippen LogP contribution in [0.2, 0.25) is 0 Å². The van der Waals surface area contributed by atoms with Gasteiger partial charge in [-0.3, -0.25) is 0 Å². The van der Waals surface area contributed by atoms with Crippen molar-refractivity contribution in [2.45, 2.75) is 26.7 Å². The Bertz CT molecular complexity index is 585. The molecule has 0 fully saturated rings. The van der Waals surface area contributed by atoms with Crippen LogP contribution in [0.3, 0.4) is 0 Å². The first-order valence-electron chi connectivity index (χ1n) is 7.53. The Hall–Kier alpha value is -2.48. The van der Waals surface area contributed by atoms with Crippen LogP contribution < -0.4 is 0 Å². The monoisotopic (exact) mass is 296 g/mol. The van der Waals surface area contributed by atoms with E-state index in [-0.39, 0.29) is 11.5 Å². The second kappa shape index (κ2) is 8.73. The van der Waals surface area contributed by atoms with Crippen molar-refractivity contribution in [2.24, 2.45) is 0 Å². The van der Waals surface area contributed by atoms with Gasteiger partial charge in [0.05, 0.1) is 0 Å². The molecule has 22 heavy (non-hydrogen) atoms.